The first-order chi connectivity index (χ1) is 14.6. The number of carbonyl (C=O) groups excluding carboxylic acids is 1. The fraction of sp³-hybridized carbons (Fsp3) is 0.524. The molecule has 0 aromatic carbocycles. The molecule has 0 amide bonds. The fourth-order valence-corrected chi connectivity index (χ4v) is 4.03. The lowest BCUT2D eigenvalue weighted by Crippen LogP contribution is -2.43. The van der Waals surface area contributed by atoms with Gasteiger partial charge >= 0.3 is 5.97 Å². The second-order valence-electron chi connectivity index (χ2n) is 7.74. The van der Waals surface area contributed by atoms with Gasteiger partial charge in [-0.2, -0.15) is 4.98 Å². The predicted molar refractivity (Wildman–Crippen MR) is 117 cm³/mol. The van der Waals surface area contributed by atoms with E-state index in [4.69, 9.17) is 4.74 Å². The van der Waals surface area contributed by atoms with Crippen LogP contribution in [0, 0.1) is 6.92 Å². The Labute approximate surface area is 176 Å². The molecule has 9 nitrogen and oxygen atoms in total. The largest absolute Gasteiger partial charge is 0.465 e. The summed E-state index contributed by atoms with van der Waals surface area (Å²) in [7, 11) is 1.37. The first-order valence-electron chi connectivity index (χ1n) is 10.6. The van der Waals surface area contributed by atoms with Gasteiger partial charge in [-0.15, -0.1) is 0 Å². The van der Waals surface area contributed by atoms with Gasteiger partial charge in [0, 0.05) is 32.2 Å². The predicted octanol–water partition coefficient (Wildman–Crippen LogP) is 2.47. The summed E-state index contributed by atoms with van der Waals surface area (Å²) >= 11 is 0. The molecule has 0 bridgehead atoms. The Hall–Kier alpha value is -2.94. The number of ether oxygens (including phenoxy) is 1. The number of methoxy groups -OCH3 is 1. The molecule has 1 aliphatic heterocycles. The topological polar surface area (TPSA) is 104 Å². The normalized spacial score (nSPS) is 17.1. The molecule has 160 valence electrons. The number of nitrogens with zero attached hydrogens (tertiary/aromatic N) is 4. The number of aromatic nitrogens is 3. The molecule has 1 aliphatic carbocycles. The van der Waals surface area contributed by atoms with Crippen molar-refractivity contribution in [2.24, 2.45) is 0 Å². The van der Waals surface area contributed by atoms with Crippen LogP contribution in [-0.4, -0.2) is 60.3 Å². The molecule has 3 heterocycles. The van der Waals surface area contributed by atoms with E-state index in [-0.39, 0.29) is 0 Å². The number of nitrogens with one attached hydrogen (secondary N) is 3. The number of rotatable bonds is 6. The van der Waals surface area contributed by atoms with Crippen LogP contribution in [0.2, 0.25) is 0 Å². The third-order valence-corrected chi connectivity index (χ3v) is 5.65. The average Bonchev–Trinajstić information content (AvgIpc) is 3.27. The van der Waals surface area contributed by atoms with Gasteiger partial charge in [0.25, 0.3) is 0 Å². The zero-order valence-corrected chi connectivity index (χ0v) is 17.6. The smallest absolute Gasteiger partial charge is 0.343 e. The maximum absolute atomic E-state index is 12.3. The van der Waals surface area contributed by atoms with Crippen LogP contribution in [0.5, 0.6) is 0 Å². The van der Waals surface area contributed by atoms with E-state index in [1.807, 2.05) is 18.3 Å². The van der Waals surface area contributed by atoms with Gasteiger partial charge in [-0.05, 0) is 31.9 Å². The molecule has 1 saturated heterocycles. The number of hydrogen-bond acceptors (Lipinski definition) is 9. The van der Waals surface area contributed by atoms with Crippen LogP contribution in [0.1, 0.15) is 41.7 Å². The first-order valence-corrected chi connectivity index (χ1v) is 10.6. The minimum absolute atomic E-state index is 0.312. The van der Waals surface area contributed by atoms with Crippen molar-refractivity contribution in [1.82, 2.24) is 20.3 Å². The first kappa shape index (κ1) is 20.3. The van der Waals surface area contributed by atoms with Gasteiger partial charge in [0.05, 0.1) is 24.7 Å². The molecule has 4 rings (SSSR count). The maximum atomic E-state index is 12.3. The van der Waals surface area contributed by atoms with Crippen LogP contribution in [-0.2, 0) is 4.74 Å². The second-order valence-corrected chi connectivity index (χ2v) is 7.74. The number of aryl methyl sites for hydroxylation is 1. The molecule has 9 heteroatoms. The van der Waals surface area contributed by atoms with Crippen molar-refractivity contribution in [3.05, 3.63) is 29.6 Å². The number of pyridine rings is 1. The van der Waals surface area contributed by atoms with Crippen LogP contribution in [0.4, 0.5) is 23.3 Å². The van der Waals surface area contributed by atoms with Gasteiger partial charge in [-0.1, -0.05) is 12.8 Å². The van der Waals surface area contributed by atoms with E-state index in [1.54, 1.807) is 6.92 Å². The highest BCUT2D eigenvalue weighted by atomic mass is 16.5. The number of piperazine rings is 1. The van der Waals surface area contributed by atoms with Crippen LogP contribution in [0.3, 0.4) is 0 Å². The van der Waals surface area contributed by atoms with E-state index in [0.717, 1.165) is 44.7 Å². The quantitative estimate of drug-likeness (QED) is 0.618. The molecule has 0 spiro atoms. The van der Waals surface area contributed by atoms with E-state index in [2.05, 4.69) is 35.8 Å². The molecule has 3 N–H and O–H groups in total. The lowest BCUT2D eigenvalue weighted by Gasteiger charge is -2.29. The SMILES string of the molecule is COC(=O)c1c(C)nc(Nc2ccc(N3CCNCC3)cn2)nc1NC1CCCC1. The highest BCUT2D eigenvalue weighted by Gasteiger charge is 2.23. The Morgan fingerprint density at radius 1 is 1.20 bits per heavy atom. The third-order valence-electron chi connectivity index (χ3n) is 5.65. The van der Waals surface area contributed by atoms with Crippen LogP contribution < -0.4 is 20.9 Å². The average molecular weight is 412 g/mol. The summed E-state index contributed by atoms with van der Waals surface area (Å²) in [6.07, 6.45) is 6.37. The maximum Gasteiger partial charge on any atom is 0.343 e. The van der Waals surface area contributed by atoms with Gasteiger partial charge in [-0.25, -0.2) is 14.8 Å². The molecule has 0 unspecified atom stereocenters. The van der Waals surface area contributed by atoms with Gasteiger partial charge in [-0.3, -0.25) is 0 Å². The van der Waals surface area contributed by atoms with Gasteiger partial charge < -0.3 is 25.6 Å². The van der Waals surface area contributed by atoms with Crippen molar-refractivity contribution in [2.75, 3.05) is 48.8 Å². The van der Waals surface area contributed by atoms with Crippen molar-refractivity contribution in [3.8, 4) is 0 Å². The fourth-order valence-electron chi connectivity index (χ4n) is 4.03. The highest BCUT2D eigenvalue weighted by molar-refractivity contribution is 5.96. The van der Waals surface area contributed by atoms with Crippen LogP contribution >= 0.6 is 0 Å². The lowest BCUT2D eigenvalue weighted by molar-refractivity contribution is 0.0600. The zero-order valence-electron chi connectivity index (χ0n) is 17.6. The number of carbonyl (C=O) groups is 1. The Morgan fingerprint density at radius 3 is 2.63 bits per heavy atom. The summed E-state index contributed by atoms with van der Waals surface area (Å²) in [5.41, 5.74) is 2.05. The van der Waals surface area contributed by atoms with Crippen molar-refractivity contribution >= 4 is 29.2 Å². The van der Waals surface area contributed by atoms with Crippen LogP contribution in [0.25, 0.3) is 0 Å². The summed E-state index contributed by atoms with van der Waals surface area (Å²) in [5, 5.41) is 9.94. The van der Waals surface area contributed by atoms with Crippen molar-refractivity contribution in [3.63, 3.8) is 0 Å². The standard InChI is InChI=1S/C21H29N7O2/c1-14-18(20(29)30-2)19(25-15-5-3-4-6-15)27-21(24-14)26-17-8-7-16(13-23-17)28-11-9-22-10-12-28/h7-8,13,15,22H,3-6,9-12H2,1-2H3,(H2,23,24,25,26,27). The molecule has 30 heavy (non-hydrogen) atoms. The Balaban J connectivity index is 1.54. The van der Waals surface area contributed by atoms with E-state index < -0.39 is 5.97 Å². The molecule has 1 saturated carbocycles. The molecular weight excluding hydrogens is 382 g/mol. The van der Waals surface area contributed by atoms with E-state index in [0.29, 0.717) is 34.9 Å². The molecule has 2 aliphatic rings. The number of hydrogen-bond donors (Lipinski definition) is 3. The van der Waals surface area contributed by atoms with Crippen LogP contribution in [0.15, 0.2) is 18.3 Å². The zero-order chi connectivity index (χ0) is 20.9. The summed E-state index contributed by atoms with van der Waals surface area (Å²) in [6, 6.07) is 4.29. The monoisotopic (exact) mass is 411 g/mol. The van der Waals surface area contributed by atoms with E-state index in [9.17, 15) is 4.79 Å². The molecule has 2 aromatic rings. The molecule has 0 atom stereocenters. The van der Waals surface area contributed by atoms with Gasteiger partial charge in [0.2, 0.25) is 5.95 Å². The van der Waals surface area contributed by atoms with E-state index >= 15 is 0 Å². The van der Waals surface area contributed by atoms with Crippen molar-refractivity contribution in [2.45, 2.75) is 38.6 Å². The molecule has 2 aromatic heterocycles. The summed E-state index contributed by atoms with van der Waals surface area (Å²) < 4.78 is 4.95. The minimum Gasteiger partial charge on any atom is -0.465 e. The summed E-state index contributed by atoms with van der Waals surface area (Å²) in [4.78, 5) is 28.2. The number of anilines is 4. The second kappa shape index (κ2) is 9.25. The third kappa shape index (κ3) is 4.62. The van der Waals surface area contributed by atoms with E-state index in [1.165, 1.54) is 20.0 Å². The molecule has 2 fully saturated rings. The molecule has 0 radical (unpaired) electrons. The Bertz CT molecular complexity index is 876. The summed E-state index contributed by atoms with van der Waals surface area (Å²) in [5.74, 6) is 1.15. The van der Waals surface area contributed by atoms with Crippen molar-refractivity contribution in [1.29, 1.82) is 0 Å². The lowest BCUT2D eigenvalue weighted by atomic mass is 10.2. The molecular formula is C21H29N7O2. The Kier molecular flexibility index (Phi) is 6.27. The number of esters is 1. The Morgan fingerprint density at radius 2 is 1.97 bits per heavy atom. The van der Waals surface area contributed by atoms with Crippen molar-refractivity contribution < 1.29 is 9.53 Å². The highest BCUT2D eigenvalue weighted by Crippen LogP contribution is 2.26. The van der Waals surface area contributed by atoms with Gasteiger partial charge in [0.1, 0.15) is 17.2 Å². The van der Waals surface area contributed by atoms with Gasteiger partial charge in [0.15, 0.2) is 0 Å². The summed E-state index contributed by atoms with van der Waals surface area (Å²) in [6.45, 7) is 5.70. The minimum atomic E-state index is -0.432.